The highest BCUT2D eigenvalue weighted by molar-refractivity contribution is 5.85. The van der Waals surface area contributed by atoms with E-state index in [1.54, 1.807) is 0 Å². The Morgan fingerprint density at radius 1 is 1.29 bits per heavy atom. The molecule has 2 aliphatic heterocycles. The first-order valence-corrected chi connectivity index (χ1v) is 8.51. The normalized spacial score (nSPS) is 26.4. The van der Waals surface area contributed by atoms with Crippen LogP contribution in [0.5, 0.6) is 0 Å². The van der Waals surface area contributed by atoms with E-state index in [4.69, 9.17) is 15.2 Å². The van der Waals surface area contributed by atoms with Crippen LogP contribution in [-0.4, -0.2) is 55.9 Å². The molecule has 1 aromatic rings. The summed E-state index contributed by atoms with van der Waals surface area (Å²) in [6.07, 6.45) is 2.81. The van der Waals surface area contributed by atoms with Crippen molar-refractivity contribution in [2.75, 3.05) is 32.9 Å². The lowest BCUT2D eigenvalue weighted by molar-refractivity contribution is -0.131. The van der Waals surface area contributed by atoms with Gasteiger partial charge in [0.25, 0.3) is 0 Å². The van der Waals surface area contributed by atoms with E-state index < -0.39 is 0 Å². The minimum Gasteiger partial charge on any atom is -0.378 e. The number of ether oxygens (including phenoxy) is 2. The van der Waals surface area contributed by atoms with Crippen molar-refractivity contribution >= 4 is 18.3 Å². The molecule has 0 aromatic heterocycles. The van der Waals surface area contributed by atoms with Gasteiger partial charge >= 0.3 is 0 Å². The minimum atomic E-state index is 0. The first-order chi connectivity index (χ1) is 11.2. The maximum atomic E-state index is 12.3. The summed E-state index contributed by atoms with van der Waals surface area (Å²) in [7, 11) is 0. The SMILES string of the molecule is Cl.N[C@@H]1CN(C(=O)CCOCC2CCCO2)C[C@H]1c1ccccc1. The Bertz CT molecular complexity index is 508. The van der Waals surface area contributed by atoms with Gasteiger partial charge in [0.05, 0.1) is 25.7 Å². The van der Waals surface area contributed by atoms with Gasteiger partial charge in [-0.25, -0.2) is 0 Å². The number of rotatable bonds is 6. The van der Waals surface area contributed by atoms with E-state index in [2.05, 4.69) is 12.1 Å². The van der Waals surface area contributed by atoms with E-state index in [0.717, 1.165) is 19.4 Å². The van der Waals surface area contributed by atoms with Crippen molar-refractivity contribution in [3.63, 3.8) is 0 Å². The lowest BCUT2D eigenvalue weighted by atomic mass is 9.95. The van der Waals surface area contributed by atoms with Gasteiger partial charge in [-0.1, -0.05) is 30.3 Å². The van der Waals surface area contributed by atoms with Crippen LogP contribution in [0.4, 0.5) is 0 Å². The van der Waals surface area contributed by atoms with Gasteiger partial charge in [-0.05, 0) is 18.4 Å². The fourth-order valence-electron chi connectivity index (χ4n) is 3.39. The second kappa shape index (κ2) is 9.37. The van der Waals surface area contributed by atoms with E-state index in [9.17, 15) is 4.79 Å². The Balaban J connectivity index is 0.00000208. The maximum Gasteiger partial charge on any atom is 0.224 e. The number of amides is 1. The second-order valence-corrected chi connectivity index (χ2v) is 6.44. The Morgan fingerprint density at radius 2 is 2.08 bits per heavy atom. The molecule has 2 aliphatic rings. The van der Waals surface area contributed by atoms with Gasteiger partial charge in [0.15, 0.2) is 0 Å². The molecule has 0 radical (unpaired) electrons. The predicted molar refractivity (Wildman–Crippen MR) is 95.4 cm³/mol. The van der Waals surface area contributed by atoms with Crippen LogP contribution in [-0.2, 0) is 14.3 Å². The average molecular weight is 355 g/mol. The second-order valence-electron chi connectivity index (χ2n) is 6.44. The molecule has 0 bridgehead atoms. The molecule has 0 saturated carbocycles. The Kier molecular flexibility index (Phi) is 7.49. The van der Waals surface area contributed by atoms with Crippen molar-refractivity contribution in [1.82, 2.24) is 4.90 Å². The molecule has 24 heavy (non-hydrogen) atoms. The van der Waals surface area contributed by atoms with Crippen LogP contribution in [0, 0.1) is 0 Å². The number of hydrogen-bond donors (Lipinski definition) is 1. The molecule has 0 spiro atoms. The van der Waals surface area contributed by atoms with Gasteiger partial charge in [-0.2, -0.15) is 0 Å². The molecule has 1 aromatic carbocycles. The third-order valence-electron chi connectivity index (χ3n) is 4.73. The molecule has 2 saturated heterocycles. The highest BCUT2D eigenvalue weighted by atomic mass is 35.5. The Hall–Kier alpha value is -1.14. The number of carbonyl (C=O) groups excluding carboxylic acids is 1. The smallest absolute Gasteiger partial charge is 0.224 e. The van der Waals surface area contributed by atoms with Gasteiger partial charge in [0, 0.05) is 31.7 Å². The Morgan fingerprint density at radius 3 is 2.79 bits per heavy atom. The highest BCUT2D eigenvalue weighted by Crippen LogP contribution is 2.26. The summed E-state index contributed by atoms with van der Waals surface area (Å²) < 4.78 is 11.1. The molecular weight excluding hydrogens is 328 g/mol. The molecule has 134 valence electrons. The number of benzene rings is 1. The van der Waals surface area contributed by atoms with Crippen LogP contribution in [0.1, 0.15) is 30.7 Å². The van der Waals surface area contributed by atoms with Crippen molar-refractivity contribution < 1.29 is 14.3 Å². The lowest BCUT2D eigenvalue weighted by Gasteiger charge is -2.17. The van der Waals surface area contributed by atoms with Gasteiger partial charge < -0.3 is 20.1 Å². The summed E-state index contributed by atoms with van der Waals surface area (Å²) in [4.78, 5) is 14.2. The maximum absolute atomic E-state index is 12.3. The molecule has 2 N–H and O–H groups in total. The molecule has 1 unspecified atom stereocenters. The van der Waals surface area contributed by atoms with Crippen molar-refractivity contribution in [3.05, 3.63) is 35.9 Å². The number of nitrogens with two attached hydrogens (primary N) is 1. The third kappa shape index (κ3) is 4.93. The molecule has 5 nitrogen and oxygen atoms in total. The van der Waals surface area contributed by atoms with Crippen molar-refractivity contribution in [1.29, 1.82) is 0 Å². The number of likely N-dealkylation sites (tertiary alicyclic amines) is 1. The monoisotopic (exact) mass is 354 g/mol. The van der Waals surface area contributed by atoms with E-state index in [1.165, 1.54) is 5.56 Å². The molecule has 0 aliphatic carbocycles. The highest BCUT2D eigenvalue weighted by Gasteiger charge is 2.33. The standard InChI is InChI=1S/C18H26N2O3.ClH/c19-17-12-20(11-16(17)14-5-2-1-3-6-14)18(21)8-10-22-13-15-7-4-9-23-15;/h1-3,5-6,15-17H,4,7-13,19H2;1H/t15?,16-,17+;/m0./s1. The zero-order chi connectivity index (χ0) is 16.1. The van der Waals surface area contributed by atoms with Gasteiger partial charge in [0.2, 0.25) is 5.91 Å². The molecule has 3 rings (SSSR count). The zero-order valence-corrected chi connectivity index (χ0v) is 14.7. The number of halogens is 1. The van der Waals surface area contributed by atoms with Crippen LogP contribution in [0.2, 0.25) is 0 Å². The molecule has 6 heteroatoms. The van der Waals surface area contributed by atoms with Gasteiger partial charge in [-0.3, -0.25) is 4.79 Å². The summed E-state index contributed by atoms with van der Waals surface area (Å²) in [5.74, 6) is 0.360. The summed E-state index contributed by atoms with van der Waals surface area (Å²) >= 11 is 0. The molecule has 2 heterocycles. The largest absolute Gasteiger partial charge is 0.378 e. The first kappa shape index (κ1) is 19.2. The van der Waals surface area contributed by atoms with E-state index >= 15 is 0 Å². The third-order valence-corrected chi connectivity index (χ3v) is 4.73. The molecule has 2 fully saturated rings. The molecule has 3 atom stereocenters. The van der Waals surface area contributed by atoms with Crippen molar-refractivity contribution in [2.45, 2.75) is 37.3 Å². The van der Waals surface area contributed by atoms with Crippen molar-refractivity contribution in [3.8, 4) is 0 Å². The lowest BCUT2D eigenvalue weighted by Crippen LogP contribution is -2.32. The van der Waals surface area contributed by atoms with E-state index in [1.807, 2.05) is 23.1 Å². The van der Waals surface area contributed by atoms with Crippen LogP contribution in [0.15, 0.2) is 30.3 Å². The van der Waals surface area contributed by atoms with Crippen molar-refractivity contribution in [2.24, 2.45) is 5.73 Å². The summed E-state index contributed by atoms with van der Waals surface area (Å²) in [5, 5.41) is 0. The van der Waals surface area contributed by atoms with Crippen LogP contribution >= 0.6 is 12.4 Å². The topological polar surface area (TPSA) is 64.8 Å². The average Bonchev–Trinajstić information content (AvgIpc) is 3.22. The molecular formula is C18H27ClN2O3. The van der Waals surface area contributed by atoms with E-state index in [0.29, 0.717) is 32.7 Å². The van der Waals surface area contributed by atoms with Crippen LogP contribution in [0.25, 0.3) is 0 Å². The Labute approximate surface area is 149 Å². The van der Waals surface area contributed by atoms with E-state index in [-0.39, 0.29) is 36.4 Å². The number of carbonyl (C=O) groups is 1. The summed E-state index contributed by atoms with van der Waals surface area (Å²) in [5.41, 5.74) is 7.45. The van der Waals surface area contributed by atoms with Crippen LogP contribution < -0.4 is 5.73 Å². The fraction of sp³-hybridized carbons (Fsp3) is 0.611. The summed E-state index contributed by atoms with van der Waals surface area (Å²) in [6, 6.07) is 10.2. The van der Waals surface area contributed by atoms with Gasteiger partial charge in [-0.15, -0.1) is 12.4 Å². The fourth-order valence-corrected chi connectivity index (χ4v) is 3.39. The predicted octanol–water partition coefficient (Wildman–Crippen LogP) is 1.95. The first-order valence-electron chi connectivity index (χ1n) is 8.51. The van der Waals surface area contributed by atoms with Gasteiger partial charge in [0.1, 0.15) is 0 Å². The summed E-state index contributed by atoms with van der Waals surface area (Å²) in [6.45, 7) is 3.22. The minimum absolute atomic E-state index is 0. The quantitative estimate of drug-likeness (QED) is 0.793. The molecule has 1 amide bonds. The van der Waals surface area contributed by atoms with Crippen LogP contribution in [0.3, 0.4) is 0 Å². The number of hydrogen-bond acceptors (Lipinski definition) is 4. The zero-order valence-electron chi connectivity index (χ0n) is 13.9. The number of nitrogens with zero attached hydrogens (tertiary/aromatic N) is 1.